The summed E-state index contributed by atoms with van der Waals surface area (Å²) in [5.41, 5.74) is 6.06. The van der Waals surface area contributed by atoms with Crippen molar-refractivity contribution in [2.24, 2.45) is 28.9 Å². The van der Waals surface area contributed by atoms with Crippen molar-refractivity contribution in [3.8, 4) is 0 Å². The normalized spacial score (nSPS) is 15.0. The molecule has 0 spiro atoms. The predicted molar refractivity (Wildman–Crippen MR) is 179 cm³/mol. The molecular weight excluding hydrogens is 576 g/mol. The third-order valence-electron chi connectivity index (χ3n) is 8.48. The summed E-state index contributed by atoms with van der Waals surface area (Å²) in [7, 11) is 0. The maximum absolute atomic E-state index is 14.0. The second-order valence-electron chi connectivity index (χ2n) is 13.0. The van der Waals surface area contributed by atoms with Crippen LogP contribution in [0.25, 0.3) is 0 Å². The number of hydrogen-bond donors (Lipinski definition) is 4. The van der Waals surface area contributed by atoms with Crippen molar-refractivity contribution in [3.63, 3.8) is 0 Å². The predicted octanol–water partition coefficient (Wildman–Crippen LogP) is 4.07. The number of ketones is 2. The molecule has 3 amide bonds. The molecule has 0 saturated heterocycles. The molecule has 0 aliphatic rings. The van der Waals surface area contributed by atoms with Crippen LogP contribution in [0.4, 0.5) is 0 Å². The van der Waals surface area contributed by atoms with E-state index in [2.05, 4.69) is 16.0 Å². The molecule has 0 aliphatic carbocycles. The molecule has 1 aromatic rings. The number of unbranched alkanes of at least 4 members (excludes halogenated alkanes) is 1. The SMILES string of the molecule is CSCCC(NC=O)C(=O)NC(CC(C)C)C(=O)NC(Cc1ccccc1)C(=O)CC(C)(C)C(C)C(CCCCN)C(C)=O. The maximum Gasteiger partial charge on any atom is 0.243 e. The Morgan fingerprint density at radius 3 is 2.09 bits per heavy atom. The smallest absolute Gasteiger partial charge is 0.243 e. The second kappa shape index (κ2) is 20.3. The van der Waals surface area contributed by atoms with Gasteiger partial charge in [-0.2, -0.15) is 11.8 Å². The summed E-state index contributed by atoms with van der Waals surface area (Å²) in [6.45, 7) is 12.1. The number of nitrogens with two attached hydrogens (primary N) is 1. The largest absolute Gasteiger partial charge is 0.347 e. The van der Waals surface area contributed by atoms with Gasteiger partial charge < -0.3 is 21.7 Å². The van der Waals surface area contributed by atoms with Crippen molar-refractivity contribution in [3.05, 3.63) is 35.9 Å². The summed E-state index contributed by atoms with van der Waals surface area (Å²) in [5.74, 6) is -0.389. The van der Waals surface area contributed by atoms with E-state index in [1.165, 1.54) is 0 Å². The minimum atomic E-state index is -0.879. The summed E-state index contributed by atoms with van der Waals surface area (Å²) in [5, 5.41) is 8.35. The van der Waals surface area contributed by atoms with Crippen LogP contribution < -0.4 is 21.7 Å². The highest BCUT2D eigenvalue weighted by Crippen LogP contribution is 2.38. The summed E-state index contributed by atoms with van der Waals surface area (Å²) < 4.78 is 0. The molecule has 1 rings (SSSR count). The highest BCUT2D eigenvalue weighted by molar-refractivity contribution is 7.98. The molecule has 5 atom stereocenters. The first-order chi connectivity index (χ1) is 20.8. The fraction of sp³-hybridized carbons (Fsp3) is 0.676. The Bertz CT molecular complexity index is 1050. The van der Waals surface area contributed by atoms with Crippen molar-refractivity contribution in [1.29, 1.82) is 0 Å². The molecule has 5 N–H and O–H groups in total. The quantitative estimate of drug-likeness (QED) is 0.105. The van der Waals surface area contributed by atoms with Crippen LogP contribution in [0, 0.1) is 23.2 Å². The number of rotatable bonds is 23. The Hall–Kier alpha value is -2.72. The molecule has 1 aromatic carbocycles. The van der Waals surface area contributed by atoms with Crippen molar-refractivity contribution in [1.82, 2.24) is 16.0 Å². The van der Waals surface area contributed by atoms with Crippen LogP contribution >= 0.6 is 11.8 Å². The van der Waals surface area contributed by atoms with Gasteiger partial charge in [-0.1, -0.05) is 71.4 Å². The van der Waals surface area contributed by atoms with Crippen LogP contribution in [-0.4, -0.2) is 66.5 Å². The number of Topliss-reactive ketones (excluding diaryl/α,β-unsaturated/α-hetero) is 2. The van der Waals surface area contributed by atoms with Gasteiger partial charge in [0.25, 0.3) is 0 Å². The Morgan fingerprint density at radius 2 is 1.55 bits per heavy atom. The van der Waals surface area contributed by atoms with E-state index in [1.807, 2.05) is 71.2 Å². The van der Waals surface area contributed by atoms with Crippen LogP contribution in [0.5, 0.6) is 0 Å². The molecule has 0 radical (unpaired) electrons. The van der Waals surface area contributed by atoms with Gasteiger partial charge in [-0.15, -0.1) is 0 Å². The summed E-state index contributed by atoms with van der Waals surface area (Å²) in [4.78, 5) is 64.6. The minimum absolute atomic E-state index is 0.0636. The van der Waals surface area contributed by atoms with E-state index >= 15 is 0 Å². The molecule has 44 heavy (non-hydrogen) atoms. The third-order valence-corrected chi connectivity index (χ3v) is 9.13. The molecule has 0 aromatic heterocycles. The summed E-state index contributed by atoms with van der Waals surface area (Å²) >= 11 is 1.56. The van der Waals surface area contributed by atoms with Gasteiger partial charge in [0.15, 0.2) is 5.78 Å². The second-order valence-corrected chi connectivity index (χ2v) is 14.0. The number of hydrogen-bond acceptors (Lipinski definition) is 7. The Kier molecular flexibility index (Phi) is 18.2. The molecule has 10 heteroatoms. The average molecular weight is 633 g/mol. The molecule has 0 aliphatic heterocycles. The van der Waals surface area contributed by atoms with Gasteiger partial charge in [0.05, 0.1) is 6.04 Å². The molecule has 9 nitrogen and oxygen atoms in total. The van der Waals surface area contributed by atoms with E-state index in [9.17, 15) is 24.0 Å². The maximum atomic E-state index is 14.0. The van der Waals surface area contributed by atoms with Crippen LogP contribution in [0.2, 0.25) is 0 Å². The molecule has 0 heterocycles. The summed E-state index contributed by atoms with van der Waals surface area (Å²) in [6, 6.07) is 7.04. The van der Waals surface area contributed by atoms with Crippen LogP contribution in [0.15, 0.2) is 30.3 Å². The fourth-order valence-corrected chi connectivity index (χ4v) is 6.01. The van der Waals surface area contributed by atoms with Gasteiger partial charge in [-0.3, -0.25) is 24.0 Å². The van der Waals surface area contributed by atoms with Crippen molar-refractivity contribution in [2.45, 2.75) is 105 Å². The van der Waals surface area contributed by atoms with Gasteiger partial charge in [-0.25, -0.2) is 0 Å². The lowest BCUT2D eigenvalue weighted by atomic mass is 9.67. The summed E-state index contributed by atoms with van der Waals surface area (Å²) in [6.07, 6.45) is 6.10. The van der Waals surface area contributed by atoms with Crippen LogP contribution in [-0.2, 0) is 30.4 Å². The minimum Gasteiger partial charge on any atom is -0.347 e. The number of amides is 3. The first-order valence-electron chi connectivity index (χ1n) is 15.8. The number of thioether (sulfide) groups is 1. The monoisotopic (exact) mass is 632 g/mol. The molecule has 5 unspecified atom stereocenters. The highest BCUT2D eigenvalue weighted by atomic mass is 32.2. The van der Waals surface area contributed by atoms with Gasteiger partial charge in [-0.05, 0) is 80.4 Å². The van der Waals surface area contributed by atoms with E-state index < -0.39 is 35.4 Å². The van der Waals surface area contributed by atoms with E-state index in [4.69, 9.17) is 5.73 Å². The van der Waals surface area contributed by atoms with E-state index in [0.29, 0.717) is 38.0 Å². The first kappa shape index (κ1) is 39.3. The third kappa shape index (κ3) is 13.9. The molecular formula is C34H56N4O5S. The highest BCUT2D eigenvalue weighted by Gasteiger charge is 2.38. The van der Waals surface area contributed by atoms with Gasteiger partial charge >= 0.3 is 0 Å². The standard InChI is InChI=1S/C34H56N4O5S/c1-23(2)19-30(38-32(42)28(36-22-39)16-18-44-7)33(43)37-29(20-26-13-9-8-10-14-26)31(41)21-34(5,6)24(3)27(25(4)40)15-11-12-17-35/h8-10,13-14,22-24,27-30H,11-12,15-21,35H2,1-7H3,(H,36,39)(H,37,43)(H,38,42). The number of nitrogens with one attached hydrogen (secondary N) is 3. The molecule has 0 saturated carbocycles. The Balaban J connectivity index is 3.24. The number of benzene rings is 1. The lowest BCUT2D eigenvalue weighted by Crippen LogP contribution is -2.56. The van der Waals surface area contributed by atoms with Crippen molar-refractivity contribution < 1.29 is 24.0 Å². The molecule has 248 valence electrons. The van der Waals surface area contributed by atoms with Crippen molar-refractivity contribution in [2.75, 3.05) is 18.6 Å². The van der Waals surface area contributed by atoms with E-state index in [-0.39, 0.29) is 35.7 Å². The topological polar surface area (TPSA) is 147 Å². The van der Waals surface area contributed by atoms with Gasteiger partial charge in [0.1, 0.15) is 17.9 Å². The lowest BCUT2D eigenvalue weighted by molar-refractivity contribution is -0.133. The van der Waals surface area contributed by atoms with Crippen LogP contribution in [0.3, 0.4) is 0 Å². The molecule has 0 fully saturated rings. The zero-order valence-electron chi connectivity index (χ0n) is 27.8. The average Bonchev–Trinajstić information content (AvgIpc) is 2.96. The zero-order chi connectivity index (χ0) is 33.3. The van der Waals surface area contributed by atoms with Crippen LogP contribution in [0.1, 0.15) is 85.6 Å². The Labute approximate surface area is 269 Å². The number of carbonyl (C=O) groups is 5. The van der Waals surface area contributed by atoms with Gasteiger partial charge in [0.2, 0.25) is 18.2 Å². The van der Waals surface area contributed by atoms with E-state index in [1.54, 1.807) is 18.7 Å². The first-order valence-corrected chi connectivity index (χ1v) is 17.2. The van der Waals surface area contributed by atoms with E-state index in [0.717, 1.165) is 24.8 Å². The molecule has 0 bridgehead atoms. The Morgan fingerprint density at radius 1 is 0.932 bits per heavy atom. The van der Waals surface area contributed by atoms with Gasteiger partial charge in [0, 0.05) is 12.3 Å². The lowest BCUT2D eigenvalue weighted by Gasteiger charge is -2.37. The van der Waals surface area contributed by atoms with Crippen molar-refractivity contribution >= 4 is 41.6 Å². The number of carbonyl (C=O) groups excluding carboxylic acids is 5. The fourth-order valence-electron chi connectivity index (χ4n) is 5.54. The zero-order valence-corrected chi connectivity index (χ0v) is 28.6.